The van der Waals surface area contributed by atoms with Crippen LogP contribution in [0.2, 0.25) is 0 Å². The molecule has 0 spiro atoms. The molecule has 1 aromatic heterocycles. The maximum absolute atomic E-state index is 12.9. The Bertz CT molecular complexity index is 570. The van der Waals surface area contributed by atoms with E-state index in [4.69, 9.17) is 0 Å². The van der Waals surface area contributed by atoms with E-state index in [-0.39, 0.29) is 5.01 Å². The third-order valence-electron chi connectivity index (χ3n) is 2.27. The smallest absolute Gasteiger partial charge is 0.244 e. The summed E-state index contributed by atoms with van der Waals surface area (Å²) in [6.07, 6.45) is -9.09. The van der Waals surface area contributed by atoms with Crippen LogP contribution in [0.25, 0.3) is 10.6 Å². The SMILES string of the molecule is FC(F)(F)c1cccc(-c2nc[c]s2)c1C(F)(F)F. The first-order valence-corrected chi connectivity index (χ1v) is 5.62. The van der Waals surface area contributed by atoms with Crippen LogP contribution < -0.4 is 0 Å². The van der Waals surface area contributed by atoms with E-state index in [1.807, 2.05) is 0 Å². The summed E-state index contributed by atoms with van der Waals surface area (Å²) in [6.45, 7) is 0. The Morgan fingerprint density at radius 2 is 1.68 bits per heavy atom. The van der Waals surface area contributed by atoms with E-state index < -0.39 is 29.0 Å². The summed E-state index contributed by atoms with van der Waals surface area (Å²) in [5, 5.41) is 2.29. The number of halogens is 6. The summed E-state index contributed by atoms with van der Waals surface area (Å²) in [6, 6.07) is 2.29. The topological polar surface area (TPSA) is 12.9 Å². The Labute approximate surface area is 107 Å². The predicted octanol–water partition coefficient (Wildman–Crippen LogP) is 4.65. The van der Waals surface area contributed by atoms with Gasteiger partial charge in [-0.3, -0.25) is 0 Å². The molecule has 1 aromatic carbocycles. The highest BCUT2D eigenvalue weighted by Crippen LogP contribution is 2.45. The minimum Gasteiger partial charge on any atom is -0.244 e. The fourth-order valence-electron chi connectivity index (χ4n) is 1.59. The molecule has 0 atom stereocenters. The number of thiazole rings is 1. The largest absolute Gasteiger partial charge is 0.417 e. The van der Waals surface area contributed by atoms with Crippen LogP contribution in [-0.2, 0) is 12.4 Å². The first-order valence-electron chi connectivity index (χ1n) is 4.81. The van der Waals surface area contributed by atoms with Crippen molar-refractivity contribution in [3.63, 3.8) is 0 Å². The fraction of sp³-hybridized carbons (Fsp3) is 0.182. The molecule has 1 heterocycles. The molecular weight excluding hydrogens is 292 g/mol. The van der Waals surface area contributed by atoms with Crippen molar-refractivity contribution in [2.45, 2.75) is 12.4 Å². The summed E-state index contributed by atoms with van der Waals surface area (Å²) >= 11 is 0.722. The van der Waals surface area contributed by atoms with Gasteiger partial charge in [-0.25, -0.2) is 4.98 Å². The standard InChI is InChI=1S/C11H4F6NS/c12-10(13,14)7-3-1-2-6(8(7)11(15,16)17)9-18-4-5-19-9/h1-4H. The van der Waals surface area contributed by atoms with Crippen molar-refractivity contribution >= 4 is 11.3 Å². The lowest BCUT2D eigenvalue weighted by molar-refractivity contribution is -0.161. The number of rotatable bonds is 1. The normalized spacial score (nSPS) is 12.7. The van der Waals surface area contributed by atoms with E-state index in [0.29, 0.717) is 6.07 Å². The third kappa shape index (κ3) is 2.73. The van der Waals surface area contributed by atoms with Gasteiger partial charge in [0, 0.05) is 11.8 Å². The number of alkyl halides is 6. The highest BCUT2D eigenvalue weighted by atomic mass is 32.1. The number of aromatic nitrogens is 1. The van der Waals surface area contributed by atoms with E-state index >= 15 is 0 Å². The molecule has 101 valence electrons. The number of hydrogen-bond acceptors (Lipinski definition) is 2. The average Bonchev–Trinajstić information content (AvgIpc) is 2.79. The second-order valence-electron chi connectivity index (χ2n) is 3.51. The molecule has 0 N–H and O–H groups in total. The van der Waals surface area contributed by atoms with Crippen molar-refractivity contribution in [1.29, 1.82) is 0 Å². The maximum Gasteiger partial charge on any atom is 0.417 e. The first-order chi connectivity index (χ1) is 8.71. The Hall–Kier alpha value is -1.57. The molecule has 0 unspecified atom stereocenters. The highest BCUT2D eigenvalue weighted by molar-refractivity contribution is 7.12. The zero-order valence-electron chi connectivity index (χ0n) is 8.93. The van der Waals surface area contributed by atoms with Crippen molar-refractivity contribution in [3.05, 3.63) is 40.9 Å². The van der Waals surface area contributed by atoms with Crippen molar-refractivity contribution < 1.29 is 26.3 Å². The lowest BCUT2D eigenvalue weighted by atomic mass is 10.0. The molecule has 0 aliphatic rings. The molecule has 0 aliphatic heterocycles. The van der Waals surface area contributed by atoms with E-state index in [9.17, 15) is 26.3 Å². The maximum atomic E-state index is 12.9. The molecule has 8 heteroatoms. The van der Waals surface area contributed by atoms with Gasteiger partial charge in [0.25, 0.3) is 0 Å². The average molecular weight is 296 g/mol. The number of hydrogen-bond donors (Lipinski definition) is 0. The van der Waals surface area contributed by atoms with Crippen LogP contribution in [0.3, 0.4) is 0 Å². The van der Waals surface area contributed by atoms with Gasteiger partial charge in [-0.15, -0.1) is 11.3 Å². The van der Waals surface area contributed by atoms with Crippen LogP contribution in [0.1, 0.15) is 11.1 Å². The zero-order chi connectivity index (χ0) is 14.3. The van der Waals surface area contributed by atoms with Gasteiger partial charge in [-0.1, -0.05) is 12.1 Å². The molecule has 0 saturated carbocycles. The molecule has 2 aromatic rings. The minimum absolute atomic E-state index is 0.154. The van der Waals surface area contributed by atoms with Gasteiger partial charge in [0.05, 0.1) is 16.5 Å². The van der Waals surface area contributed by atoms with Crippen LogP contribution >= 0.6 is 11.3 Å². The van der Waals surface area contributed by atoms with Gasteiger partial charge in [0.2, 0.25) is 0 Å². The van der Waals surface area contributed by atoms with Crippen LogP contribution in [0.5, 0.6) is 0 Å². The van der Waals surface area contributed by atoms with Gasteiger partial charge >= 0.3 is 12.4 Å². The van der Waals surface area contributed by atoms with Crippen molar-refractivity contribution in [2.24, 2.45) is 0 Å². The van der Waals surface area contributed by atoms with Crippen LogP contribution in [0.4, 0.5) is 26.3 Å². The summed E-state index contributed by atoms with van der Waals surface area (Å²) < 4.78 is 76.7. The summed E-state index contributed by atoms with van der Waals surface area (Å²) in [5.41, 5.74) is -4.02. The lowest BCUT2D eigenvalue weighted by Gasteiger charge is -2.18. The zero-order valence-corrected chi connectivity index (χ0v) is 9.75. The van der Waals surface area contributed by atoms with Gasteiger partial charge in [0.15, 0.2) is 0 Å². The summed E-state index contributed by atoms with van der Waals surface area (Å²) in [7, 11) is 0. The molecule has 1 radical (unpaired) electrons. The third-order valence-corrected chi connectivity index (χ3v) is 3.02. The van der Waals surface area contributed by atoms with E-state index in [1.165, 1.54) is 0 Å². The van der Waals surface area contributed by atoms with Gasteiger partial charge in [-0.05, 0) is 6.07 Å². The van der Waals surface area contributed by atoms with Crippen molar-refractivity contribution in [3.8, 4) is 10.6 Å². The number of nitrogens with zero attached hydrogens (tertiary/aromatic N) is 1. The lowest BCUT2D eigenvalue weighted by Crippen LogP contribution is -2.17. The van der Waals surface area contributed by atoms with Gasteiger partial charge < -0.3 is 0 Å². The van der Waals surface area contributed by atoms with Gasteiger partial charge in [0.1, 0.15) is 5.01 Å². The first kappa shape index (κ1) is 13.9. The van der Waals surface area contributed by atoms with Gasteiger partial charge in [-0.2, -0.15) is 26.3 Å². The Balaban J connectivity index is 2.76. The van der Waals surface area contributed by atoms with E-state index in [0.717, 1.165) is 29.7 Å². The van der Waals surface area contributed by atoms with Crippen LogP contribution in [-0.4, -0.2) is 4.98 Å². The molecule has 0 fully saturated rings. The molecule has 0 saturated heterocycles. The second-order valence-corrected chi connectivity index (χ2v) is 4.33. The van der Waals surface area contributed by atoms with Crippen molar-refractivity contribution in [2.75, 3.05) is 0 Å². The Morgan fingerprint density at radius 3 is 2.16 bits per heavy atom. The monoisotopic (exact) mass is 296 g/mol. The Morgan fingerprint density at radius 1 is 1.00 bits per heavy atom. The molecule has 0 amide bonds. The minimum atomic E-state index is -5.12. The highest BCUT2D eigenvalue weighted by Gasteiger charge is 2.45. The molecule has 0 bridgehead atoms. The van der Waals surface area contributed by atoms with Crippen LogP contribution in [0, 0.1) is 5.38 Å². The Kier molecular flexibility index (Phi) is 3.29. The quantitative estimate of drug-likeness (QED) is 0.698. The summed E-state index contributed by atoms with van der Waals surface area (Å²) in [5.74, 6) is 0. The van der Waals surface area contributed by atoms with E-state index in [2.05, 4.69) is 10.4 Å². The molecule has 19 heavy (non-hydrogen) atoms. The molecule has 1 nitrogen and oxygen atoms in total. The van der Waals surface area contributed by atoms with Crippen LogP contribution in [0.15, 0.2) is 24.4 Å². The van der Waals surface area contributed by atoms with Crippen molar-refractivity contribution in [1.82, 2.24) is 4.98 Å². The fourth-order valence-corrected chi connectivity index (χ4v) is 2.19. The number of benzene rings is 1. The second kappa shape index (κ2) is 4.52. The molecule has 2 rings (SSSR count). The molecule has 0 aliphatic carbocycles. The summed E-state index contributed by atoms with van der Waals surface area (Å²) in [4.78, 5) is 3.58. The predicted molar refractivity (Wildman–Crippen MR) is 56.4 cm³/mol. The molecular formula is C11H4F6NS. The van der Waals surface area contributed by atoms with E-state index in [1.54, 1.807) is 0 Å².